The van der Waals surface area contributed by atoms with Crippen molar-refractivity contribution < 1.29 is 9.18 Å². The van der Waals surface area contributed by atoms with Crippen LogP contribution < -0.4 is 0 Å². The number of ketones is 1. The Morgan fingerprint density at radius 1 is 1.43 bits per heavy atom. The summed E-state index contributed by atoms with van der Waals surface area (Å²) < 4.78 is 13.1. The van der Waals surface area contributed by atoms with Crippen LogP contribution in [0.25, 0.3) is 0 Å². The van der Waals surface area contributed by atoms with Crippen LogP contribution in [-0.4, -0.2) is 5.78 Å². The molecule has 14 heavy (non-hydrogen) atoms. The first kappa shape index (κ1) is 10.9. The molecule has 0 atom stereocenters. The molecule has 1 rings (SSSR count). The number of carbonyl (C=O) groups is 1. The Morgan fingerprint density at radius 2 is 2.07 bits per heavy atom. The van der Waals surface area contributed by atoms with Crippen LogP contribution in [0.2, 0.25) is 0 Å². The second-order valence-corrected chi connectivity index (χ2v) is 3.93. The maximum Gasteiger partial charge on any atom is 0.163 e. The molecule has 0 bridgehead atoms. The van der Waals surface area contributed by atoms with Crippen LogP contribution in [0.4, 0.5) is 4.39 Å². The SMILES string of the molecule is Cc1c(F)cccc1C(=O)CC(C)C. The number of hydrogen-bond acceptors (Lipinski definition) is 1. The van der Waals surface area contributed by atoms with Gasteiger partial charge >= 0.3 is 0 Å². The van der Waals surface area contributed by atoms with Crippen molar-refractivity contribution >= 4 is 5.78 Å². The van der Waals surface area contributed by atoms with E-state index in [0.29, 0.717) is 23.5 Å². The van der Waals surface area contributed by atoms with Crippen LogP contribution in [0.15, 0.2) is 18.2 Å². The number of benzene rings is 1. The Hall–Kier alpha value is -1.18. The molecule has 0 heterocycles. The quantitative estimate of drug-likeness (QED) is 0.674. The Morgan fingerprint density at radius 3 is 2.64 bits per heavy atom. The van der Waals surface area contributed by atoms with Gasteiger partial charge in [-0.2, -0.15) is 0 Å². The summed E-state index contributed by atoms with van der Waals surface area (Å²) >= 11 is 0. The van der Waals surface area contributed by atoms with Gasteiger partial charge in [-0.25, -0.2) is 4.39 Å². The number of carbonyl (C=O) groups excluding carboxylic acids is 1. The lowest BCUT2D eigenvalue weighted by molar-refractivity contribution is 0.0966. The van der Waals surface area contributed by atoms with Crippen molar-refractivity contribution in [3.63, 3.8) is 0 Å². The number of rotatable bonds is 3. The molecule has 2 heteroatoms. The topological polar surface area (TPSA) is 17.1 Å². The van der Waals surface area contributed by atoms with Gasteiger partial charge in [-0.15, -0.1) is 0 Å². The first-order valence-corrected chi connectivity index (χ1v) is 4.80. The Labute approximate surface area is 83.9 Å². The minimum absolute atomic E-state index is 0.0250. The summed E-state index contributed by atoms with van der Waals surface area (Å²) in [6.45, 7) is 5.60. The third-order valence-corrected chi connectivity index (χ3v) is 2.16. The van der Waals surface area contributed by atoms with Crippen molar-refractivity contribution in [1.82, 2.24) is 0 Å². The molecule has 0 aliphatic rings. The highest BCUT2D eigenvalue weighted by atomic mass is 19.1. The van der Waals surface area contributed by atoms with Crippen LogP contribution in [0.3, 0.4) is 0 Å². The van der Waals surface area contributed by atoms with E-state index < -0.39 is 0 Å². The van der Waals surface area contributed by atoms with E-state index in [1.807, 2.05) is 13.8 Å². The monoisotopic (exact) mass is 194 g/mol. The van der Waals surface area contributed by atoms with Crippen molar-refractivity contribution in [3.8, 4) is 0 Å². The Bertz CT molecular complexity index is 342. The van der Waals surface area contributed by atoms with Gasteiger partial charge in [0.05, 0.1) is 0 Å². The molecule has 0 aliphatic heterocycles. The normalized spacial score (nSPS) is 10.6. The van der Waals surface area contributed by atoms with Gasteiger partial charge in [0.1, 0.15) is 5.82 Å². The molecule has 0 fully saturated rings. The molecule has 0 aliphatic carbocycles. The molecule has 76 valence electrons. The van der Waals surface area contributed by atoms with E-state index in [1.165, 1.54) is 6.07 Å². The largest absolute Gasteiger partial charge is 0.294 e. The van der Waals surface area contributed by atoms with Crippen LogP contribution in [-0.2, 0) is 0 Å². The molecule has 0 radical (unpaired) electrons. The van der Waals surface area contributed by atoms with E-state index in [9.17, 15) is 9.18 Å². The van der Waals surface area contributed by atoms with Crippen molar-refractivity contribution in [2.45, 2.75) is 27.2 Å². The minimum atomic E-state index is -0.306. The van der Waals surface area contributed by atoms with Gasteiger partial charge in [-0.05, 0) is 24.5 Å². The molecular weight excluding hydrogens is 179 g/mol. The van der Waals surface area contributed by atoms with Gasteiger partial charge in [0.2, 0.25) is 0 Å². The third-order valence-electron chi connectivity index (χ3n) is 2.16. The van der Waals surface area contributed by atoms with Crippen molar-refractivity contribution in [2.75, 3.05) is 0 Å². The van der Waals surface area contributed by atoms with Gasteiger partial charge in [-0.1, -0.05) is 26.0 Å². The fourth-order valence-corrected chi connectivity index (χ4v) is 1.39. The van der Waals surface area contributed by atoms with E-state index in [0.717, 1.165) is 0 Å². The zero-order chi connectivity index (χ0) is 10.7. The molecule has 0 saturated heterocycles. The van der Waals surface area contributed by atoms with E-state index in [4.69, 9.17) is 0 Å². The van der Waals surface area contributed by atoms with Gasteiger partial charge in [0.25, 0.3) is 0 Å². The average Bonchev–Trinajstić information content (AvgIpc) is 2.08. The molecule has 0 unspecified atom stereocenters. The van der Waals surface area contributed by atoms with Gasteiger partial charge in [-0.3, -0.25) is 4.79 Å². The summed E-state index contributed by atoms with van der Waals surface area (Å²) in [6.07, 6.45) is 0.476. The van der Waals surface area contributed by atoms with Crippen LogP contribution in [0.1, 0.15) is 36.2 Å². The fraction of sp³-hybridized carbons (Fsp3) is 0.417. The first-order valence-electron chi connectivity index (χ1n) is 4.80. The first-order chi connectivity index (χ1) is 6.52. The standard InChI is InChI=1S/C12H15FO/c1-8(2)7-12(14)10-5-4-6-11(13)9(10)3/h4-6,8H,7H2,1-3H3. The van der Waals surface area contributed by atoms with E-state index in [-0.39, 0.29) is 11.6 Å². The zero-order valence-electron chi connectivity index (χ0n) is 8.80. The maximum atomic E-state index is 13.1. The highest BCUT2D eigenvalue weighted by molar-refractivity contribution is 5.97. The lowest BCUT2D eigenvalue weighted by Gasteiger charge is -2.07. The Kier molecular flexibility index (Phi) is 3.39. The molecule has 0 saturated carbocycles. The summed E-state index contributed by atoms with van der Waals surface area (Å²) in [6, 6.07) is 4.64. The predicted octanol–water partition coefficient (Wildman–Crippen LogP) is 3.36. The number of halogens is 1. The van der Waals surface area contributed by atoms with E-state index in [2.05, 4.69) is 0 Å². The van der Waals surface area contributed by atoms with Gasteiger partial charge < -0.3 is 0 Å². The van der Waals surface area contributed by atoms with Crippen LogP contribution in [0, 0.1) is 18.7 Å². The van der Waals surface area contributed by atoms with Crippen LogP contribution in [0.5, 0.6) is 0 Å². The molecule has 0 amide bonds. The van der Waals surface area contributed by atoms with Crippen molar-refractivity contribution in [1.29, 1.82) is 0 Å². The molecule has 1 aromatic carbocycles. The van der Waals surface area contributed by atoms with Crippen LogP contribution >= 0.6 is 0 Å². The van der Waals surface area contributed by atoms with Gasteiger partial charge in [0.15, 0.2) is 5.78 Å². The fourth-order valence-electron chi connectivity index (χ4n) is 1.39. The van der Waals surface area contributed by atoms with Crippen molar-refractivity contribution in [3.05, 3.63) is 35.1 Å². The van der Waals surface area contributed by atoms with E-state index >= 15 is 0 Å². The van der Waals surface area contributed by atoms with Gasteiger partial charge in [0, 0.05) is 12.0 Å². The maximum absolute atomic E-state index is 13.1. The predicted molar refractivity (Wildman–Crippen MR) is 54.9 cm³/mol. The minimum Gasteiger partial charge on any atom is -0.294 e. The molecule has 1 aromatic rings. The third kappa shape index (κ3) is 2.41. The Balaban J connectivity index is 2.96. The van der Waals surface area contributed by atoms with Crippen molar-refractivity contribution in [2.24, 2.45) is 5.92 Å². The number of Topliss-reactive ketones (excluding diaryl/α,β-unsaturated/α-hetero) is 1. The lowest BCUT2D eigenvalue weighted by Crippen LogP contribution is -2.06. The summed E-state index contributed by atoms with van der Waals surface area (Å²) in [7, 11) is 0. The molecule has 0 aromatic heterocycles. The lowest BCUT2D eigenvalue weighted by atomic mass is 9.97. The molecule has 1 nitrogen and oxygen atoms in total. The zero-order valence-corrected chi connectivity index (χ0v) is 8.80. The average molecular weight is 194 g/mol. The molecule has 0 spiro atoms. The molecular formula is C12H15FO. The summed E-state index contributed by atoms with van der Waals surface area (Å²) in [4.78, 5) is 11.7. The second kappa shape index (κ2) is 4.36. The van der Waals surface area contributed by atoms with E-state index in [1.54, 1.807) is 19.1 Å². The summed E-state index contributed by atoms with van der Waals surface area (Å²) in [5.74, 6) is 0.0294. The summed E-state index contributed by atoms with van der Waals surface area (Å²) in [5.41, 5.74) is 0.969. The summed E-state index contributed by atoms with van der Waals surface area (Å²) in [5, 5.41) is 0. The molecule has 0 N–H and O–H groups in total. The highest BCUT2D eigenvalue weighted by Crippen LogP contribution is 2.16. The smallest absolute Gasteiger partial charge is 0.163 e. The second-order valence-electron chi connectivity index (χ2n) is 3.93. The number of hydrogen-bond donors (Lipinski definition) is 0. The highest BCUT2D eigenvalue weighted by Gasteiger charge is 2.12.